The fraction of sp³-hybridized carbons (Fsp3) is 0.250. The monoisotopic (exact) mass is 255 g/mol. The summed E-state index contributed by atoms with van der Waals surface area (Å²) >= 11 is 0. The second-order valence-corrected chi connectivity index (χ2v) is 4.68. The van der Waals surface area contributed by atoms with Crippen LogP contribution in [0.4, 0.5) is 0 Å². The molecule has 0 fully saturated rings. The maximum atomic E-state index is 12.5. The molecule has 3 heteroatoms. The molecule has 0 aliphatic carbocycles. The number of hydrogen-bond acceptors (Lipinski definition) is 3. The summed E-state index contributed by atoms with van der Waals surface area (Å²) in [7, 11) is 1.63. The van der Waals surface area contributed by atoms with E-state index in [9.17, 15) is 4.79 Å². The van der Waals surface area contributed by atoms with Gasteiger partial charge in [-0.1, -0.05) is 0 Å². The van der Waals surface area contributed by atoms with Crippen LogP contribution in [0.25, 0.3) is 0 Å². The van der Waals surface area contributed by atoms with Gasteiger partial charge in [0.25, 0.3) is 0 Å². The van der Waals surface area contributed by atoms with Crippen LogP contribution in [0, 0.1) is 20.8 Å². The minimum atomic E-state index is -0.0491. The fourth-order valence-electron chi connectivity index (χ4n) is 2.05. The van der Waals surface area contributed by atoms with Crippen LogP contribution < -0.4 is 4.74 Å². The van der Waals surface area contributed by atoms with E-state index in [1.165, 1.54) is 0 Å². The van der Waals surface area contributed by atoms with Crippen molar-refractivity contribution < 1.29 is 9.53 Å². The van der Waals surface area contributed by atoms with Gasteiger partial charge in [0.05, 0.1) is 7.11 Å². The number of carbonyl (C=O) groups excluding carboxylic acids is 1. The van der Waals surface area contributed by atoms with Crippen molar-refractivity contribution in [1.29, 1.82) is 0 Å². The largest absolute Gasteiger partial charge is 0.496 e. The minimum absolute atomic E-state index is 0.0491. The first-order valence-electron chi connectivity index (χ1n) is 6.15. The number of ketones is 1. The lowest BCUT2D eigenvalue weighted by atomic mass is 9.98. The van der Waals surface area contributed by atoms with Gasteiger partial charge in [-0.05, 0) is 61.7 Å². The van der Waals surface area contributed by atoms with Gasteiger partial charge in [0.1, 0.15) is 11.4 Å². The highest BCUT2D eigenvalue weighted by Gasteiger charge is 2.15. The Bertz CT molecular complexity index is 633. The molecule has 2 rings (SSSR count). The molecular formula is C16H17NO2. The molecule has 0 aliphatic rings. The number of pyridine rings is 1. The van der Waals surface area contributed by atoms with Gasteiger partial charge < -0.3 is 4.74 Å². The molecule has 1 aromatic heterocycles. The number of hydrogen-bond donors (Lipinski definition) is 0. The van der Waals surface area contributed by atoms with Crippen LogP contribution in [-0.4, -0.2) is 17.9 Å². The van der Waals surface area contributed by atoms with Crippen molar-refractivity contribution in [2.75, 3.05) is 7.11 Å². The van der Waals surface area contributed by atoms with Crippen LogP contribution >= 0.6 is 0 Å². The van der Waals surface area contributed by atoms with E-state index in [-0.39, 0.29) is 5.78 Å². The van der Waals surface area contributed by atoms with E-state index >= 15 is 0 Å². The van der Waals surface area contributed by atoms with E-state index < -0.39 is 0 Å². The molecule has 1 heterocycles. The molecule has 0 unspecified atom stereocenters. The van der Waals surface area contributed by atoms with Crippen molar-refractivity contribution >= 4 is 5.78 Å². The lowest BCUT2D eigenvalue weighted by Gasteiger charge is -2.10. The Hall–Kier alpha value is -2.16. The van der Waals surface area contributed by atoms with Crippen LogP contribution in [0.2, 0.25) is 0 Å². The van der Waals surface area contributed by atoms with Gasteiger partial charge in [0.15, 0.2) is 0 Å². The first kappa shape index (κ1) is 13.3. The van der Waals surface area contributed by atoms with Crippen molar-refractivity contribution in [2.45, 2.75) is 20.8 Å². The van der Waals surface area contributed by atoms with Crippen molar-refractivity contribution in [3.05, 3.63) is 58.4 Å². The molecule has 98 valence electrons. The fourth-order valence-corrected chi connectivity index (χ4v) is 2.05. The van der Waals surface area contributed by atoms with Gasteiger partial charge in [-0.15, -0.1) is 0 Å². The maximum absolute atomic E-state index is 12.5. The number of aryl methyl sites for hydroxylation is 3. The number of benzene rings is 1. The average Bonchev–Trinajstić information content (AvgIpc) is 2.40. The van der Waals surface area contributed by atoms with E-state index in [1.807, 2.05) is 39.0 Å². The first-order valence-corrected chi connectivity index (χ1v) is 6.15. The van der Waals surface area contributed by atoms with Gasteiger partial charge in [-0.2, -0.15) is 0 Å². The summed E-state index contributed by atoms with van der Waals surface area (Å²) in [5, 5.41) is 0. The second-order valence-electron chi connectivity index (χ2n) is 4.68. The Morgan fingerprint density at radius 3 is 2.47 bits per heavy atom. The summed E-state index contributed by atoms with van der Waals surface area (Å²) < 4.78 is 5.26. The summed E-state index contributed by atoms with van der Waals surface area (Å²) in [5.74, 6) is 0.748. The van der Waals surface area contributed by atoms with Gasteiger partial charge in [0.2, 0.25) is 5.78 Å². The standard InChI is InChI=1S/C16H17NO2/c1-10-5-6-17-14(7-10)16(18)13-8-12(3)15(19-4)9-11(13)2/h5-9H,1-4H3. The third-order valence-corrected chi connectivity index (χ3v) is 3.13. The highest BCUT2D eigenvalue weighted by atomic mass is 16.5. The number of aromatic nitrogens is 1. The van der Waals surface area contributed by atoms with Gasteiger partial charge in [-0.3, -0.25) is 9.78 Å². The zero-order chi connectivity index (χ0) is 14.0. The van der Waals surface area contributed by atoms with Crippen LogP contribution in [0.15, 0.2) is 30.5 Å². The zero-order valence-corrected chi connectivity index (χ0v) is 11.7. The van der Waals surface area contributed by atoms with Gasteiger partial charge in [0, 0.05) is 11.8 Å². The molecule has 0 bridgehead atoms. The lowest BCUT2D eigenvalue weighted by Crippen LogP contribution is -2.07. The van der Waals surface area contributed by atoms with Crippen molar-refractivity contribution in [1.82, 2.24) is 4.98 Å². The lowest BCUT2D eigenvalue weighted by molar-refractivity contribution is 0.103. The Balaban J connectivity index is 2.47. The van der Waals surface area contributed by atoms with Gasteiger partial charge in [-0.25, -0.2) is 0 Å². The predicted molar refractivity (Wildman–Crippen MR) is 74.9 cm³/mol. The molecule has 3 nitrogen and oxygen atoms in total. The summed E-state index contributed by atoms with van der Waals surface area (Å²) in [6, 6.07) is 7.43. The Kier molecular flexibility index (Phi) is 3.65. The van der Waals surface area contributed by atoms with Crippen molar-refractivity contribution in [3.8, 4) is 5.75 Å². The molecule has 1 aromatic carbocycles. The van der Waals surface area contributed by atoms with Crippen LogP contribution in [0.1, 0.15) is 32.7 Å². The average molecular weight is 255 g/mol. The maximum Gasteiger partial charge on any atom is 0.211 e. The molecule has 0 spiro atoms. The SMILES string of the molecule is COc1cc(C)c(C(=O)c2cc(C)ccn2)cc1C. The molecule has 0 amide bonds. The molecular weight excluding hydrogens is 238 g/mol. The van der Waals surface area contributed by atoms with E-state index in [0.29, 0.717) is 11.3 Å². The summed E-state index contributed by atoms with van der Waals surface area (Å²) in [4.78, 5) is 16.6. The second kappa shape index (κ2) is 5.22. The smallest absolute Gasteiger partial charge is 0.211 e. The molecule has 0 N–H and O–H groups in total. The van der Waals surface area contributed by atoms with Crippen LogP contribution in [0.3, 0.4) is 0 Å². The topological polar surface area (TPSA) is 39.2 Å². The molecule has 0 aliphatic heterocycles. The number of ether oxygens (including phenoxy) is 1. The molecule has 0 saturated carbocycles. The summed E-state index contributed by atoms with van der Waals surface area (Å²) in [6.45, 7) is 5.79. The van der Waals surface area contributed by atoms with Crippen LogP contribution in [0.5, 0.6) is 5.75 Å². The van der Waals surface area contributed by atoms with E-state index in [2.05, 4.69) is 4.98 Å². The molecule has 19 heavy (non-hydrogen) atoms. The van der Waals surface area contributed by atoms with E-state index in [4.69, 9.17) is 4.74 Å². The van der Waals surface area contributed by atoms with E-state index in [1.54, 1.807) is 19.4 Å². The highest BCUT2D eigenvalue weighted by molar-refractivity contribution is 6.08. The number of carbonyl (C=O) groups is 1. The van der Waals surface area contributed by atoms with Crippen molar-refractivity contribution in [2.24, 2.45) is 0 Å². The predicted octanol–water partition coefficient (Wildman–Crippen LogP) is 3.25. The Labute approximate surface area is 113 Å². The number of methoxy groups -OCH3 is 1. The zero-order valence-electron chi connectivity index (χ0n) is 11.7. The van der Waals surface area contributed by atoms with Gasteiger partial charge >= 0.3 is 0 Å². The third kappa shape index (κ3) is 2.65. The Morgan fingerprint density at radius 2 is 1.84 bits per heavy atom. The molecule has 0 radical (unpaired) electrons. The summed E-state index contributed by atoms with van der Waals surface area (Å²) in [6.07, 6.45) is 1.66. The molecule has 0 saturated heterocycles. The highest BCUT2D eigenvalue weighted by Crippen LogP contribution is 2.24. The van der Waals surface area contributed by atoms with Crippen LogP contribution in [-0.2, 0) is 0 Å². The minimum Gasteiger partial charge on any atom is -0.496 e. The number of nitrogens with zero attached hydrogens (tertiary/aromatic N) is 1. The van der Waals surface area contributed by atoms with E-state index in [0.717, 1.165) is 22.4 Å². The van der Waals surface area contributed by atoms with Crippen molar-refractivity contribution in [3.63, 3.8) is 0 Å². The third-order valence-electron chi connectivity index (χ3n) is 3.13. The summed E-state index contributed by atoms with van der Waals surface area (Å²) in [5.41, 5.74) is 4.03. The quantitative estimate of drug-likeness (QED) is 0.790. The Morgan fingerprint density at radius 1 is 1.11 bits per heavy atom. The first-order chi connectivity index (χ1) is 9.02. The molecule has 0 atom stereocenters. The molecule has 2 aromatic rings. The normalized spacial score (nSPS) is 10.3. The number of rotatable bonds is 3.